The van der Waals surface area contributed by atoms with Crippen molar-refractivity contribution >= 4 is 0 Å². The van der Waals surface area contributed by atoms with Gasteiger partial charge >= 0.3 is 0 Å². The molecular weight excluding hydrogens is 420 g/mol. The third kappa shape index (κ3) is 6.45. The van der Waals surface area contributed by atoms with Crippen molar-refractivity contribution in [2.45, 2.75) is 44.9 Å². The van der Waals surface area contributed by atoms with E-state index in [1.807, 2.05) is 36.5 Å². The van der Waals surface area contributed by atoms with Crippen LogP contribution in [-0.2, 0) is 13.0 Å². The Labute approximate surface area is 193 Å². The number of imidazole rings is 1. The van der Waals surface area contributed by atoms with Crippen molar-refractivity contribution in [1.82, 2.24) is 19.6 Å². The van der Waals surface area contributed by atoms with Crippen LogP contribution in [0, 0.1) is 11.8 Å². The first-order valence-corrected chi connectivity index (χ1v) is 11.4. The van der Waals surface area contributed by atoms with E-state index in [0.29, 0.717) is 18.8 Å². The zero-order valence-electron chi connectivity index (χ0n) is 18.9. The minimum atomic E-state index is -0.676. The topological polar surface area (TPSA) is 96.8 Å². The lowest BCUT2D eigenvalue weighted by Gasteiger charge is -2.33. The van der Waals surface area contributed by atoms with Gasteiger partial charge < -0.3 is 28.9 Å². The molecule has 8 heteroatoms. The summed E-state index contributed by atoms with van der Waals surface area (Å²) in [5, 5.41) is 22.7. The molecule has 1 atom stereocenters. The molecule has 1 saturated heterocycles. The average Bonchev–Trinajstić information content (AvgIpc) is 3.49. The van der Waals surface area contributed by atoms with Crippen molar-refractivity contribution in [3.05, 3.63) is 65.6 Å². The number of aromatic nitrogens is 3. The SMILES string of the molecule is CCc1nccn1Cc1cc(C#Cc2ccc(OC3CCN(CC(O)CO)CC3)cc2)on1. The van der Waals surface area contributed by atoms with E-state index in [2.05, 4.69) is 38.4 Å². The van der Waals surface area contributed by atoms with E-state index in [4.69, 9.17) is 14.4 Å². The number of piperidine rings is 1. The second-order valence-corrected chi connectivity index (χ2v) is 8.24. The fourth-order valence-corrected chi connectivity index (χ4v) is 3.93. The largest absolute Gasteiger partial charge is 0.490 e. The maximum absolute atomic E-state index is 9.58. The first-order valence-electron chi connectivity index (χ1n) is 11.4. The molecule has 2 N–H and O–H groups in total. The van der Waals surface area contributed by atoms with Gasteiger partial charge in [-0.15, -0.1) is 0 Å². The number of β-amino-alcohol motifs (C(OH)–C–C–N with tert-alkyl or cyclic N) is 1. The van der Waals surface area contributed by atoms with Crippen molar-refractivity contribution < 1.29 is 19.5 Å². The van der Waals surface area contributed by atoms with Gasteiger partial charge in [0.2, 0.25) is 5.76 Å². The van der Waals surface area contributed by atoms with E-state index in [1.165, 1.54) is 0 Å². The molecule has 3 heterocycles. The van der Waals surface area contributed by atoms with E-state index < -0.39 is 6.10 Å². The van der Waals surface area contributed by atoms with Crippen LogP contribution in [0.15, 0.2) is 47.2 Å². The Bertz CT molecular complexity index is 1070. The number of nitrogens with zero attached hydrogens (tertiary/aromatic N) is 4. The van der Waals surface area contributed by atoms with Crippen LogP contribution >= 0.6 is 0 Å². The summed E-state index contributed by atoms with van der Waals surface area (Å²) in [4.78, 5) is 6.48. The number of aryl methyl sites for hydroxylation is 1. The number of likely N-dealkylation sites (tertiary alicyclic amines) is 1. The van der Waals surface area contributed by atoms with E-state index in [9.17, 15) is 5.11 Å². The summed E-state index contributed by atoms with van der Waals surface area (Å²) in [5.74, 6) is 8.50. The molecule has 2 aromatic heterocycles. The third-order valence-corrected chi connectivity index (χ3v) is 5.71. The predicted molar refractivity (Wildman–Crippen MR) is 123 cm³/mol. The highest BCUT2D eigenvalue weighted by atomic mass is 16.5. The van der Waals surface area contributed by atoms with Crippen molar-refractivity contribution in [2.75, 3.05) is 26.2 Å². The Hall–Kier alpha value is -3.12. The van der Waals surface area contributed by atoms with E-state index >= 15 is 0 Å². The summed E-state index contributed by atoms with van der Waals surface area (Å²) in [6.45, 7) is 4.70. The van der Waals surface area contributed by atoms with Crippen LogP contribution in [0.2, 0.25) is 0 Å². The molecule has 0 radical (unpaired) electrons. The van der Waals surface area contributed by atoms with Gasteiger partial charge in [-0.3, -0.25) is 0 Å². The molecule has 1 fully saturated rings. The van der Waals surface area contributed by atoms with Crippen molar-refractivity contribution in [3.63, 3.8) is 0 Å². The predicted octanol–water partition coefficient (Wildman–Crippen LogP) is 2.08. The zero-order valence-corrected chi connectivity index (χ0v) is 18.9. The van der Waals surface area contributed by atoms with E-state index in [1.54, 1.807) is 6.20 Å². The number of hydrogen-bond acceptors (Lipinski definition) is 7. The van der Waals surface area contributed by atoms with Gasteiger partial charge in [0, 0.05) is 50.1 Å². The standard InChI is InChI=1S/C25H30N4O4/c1-2-25-26-11-14-29(25)16-20-15-24(33-27-20)8-5-19-3-6-22(7-4-19)32-23-9-12-28(13-10-23)17-21(31)18-30/h3-4,6-7,11,14-15,21,23,30-31H,2,9-10,12-13,16-18H2,1H3. The monoisotopic (exact) mass is 450 g/mol. The fraction of sp³-hybridized carbons (Fsp3) is 0.440. The van der Waals surface area contributed by atoms with Crippen LogP contribution in [0.25, 0.3) is 0 Å². The summed E-state index contributed by atoms with van der Waals surface area (Å²) in [5.41, 5.74) is 1.68. The van der Waals surface area contributed by atoms with Gasteiger partial charge in [0.05, 0.1) is 19.3 Å². The van der Waals surface area contributed by atoms with Gasteiger partial charge in [0.25, 0.3) is 0 Å². The number of benzene rings is 1. The lowest BCUT2D eigenvalue weighted by molar-refractivity contribution is 0.0346. The Morgan fingerprint density at radius 1 is 1.21 bits per heavy atom. The maximum Gasteiger partial charge on any atom is 0.210 e. The zero-order chi connectivity index (χ0) is 23.0. The molecule has 0 amide bonds. The quantitative estimate of drug-likeness (QED) is 0.507. The van der Waals surface area contributed by atoms with Crippen LogP contribution in [0.3, 0.4) is 0 Å². The maximum atomic E-state index is 9.58. The normalized spacial score (nSPS) is 15.7. The molecule has 8 nitrogen and oxygen atoms in total. The lowest BCUT2D eigenvalue weighted by atomic mass is 10.1. The molecule has 33 heavy (non-hydrogen) atoms. The smallest absolute Gasteiger partial charge is 0.210 e. The van der Waals surface area contributed by atoms with E-state index in [0.717, 1.165) is 55.2 Å². The number of hydrogen-bond donors (Lipinski definition) is 2. The van der Waals surface area contributed by atoms with Crippen LogP contribution in [0.4, 0.5) is 0 Å². The molecule has 1 aliphatic heterocycles. The lowest BCUT2D eigenvalue weighted by Crippen LogP contribution is -2.42. The van der Waals surface area contributed by atoms with Crippen LogP contribution in [0.5, 0.6) is 5.75 Å². The highest BCUT2D eigenvalue weighted by Gasteiger charge is 2.22. The second-order valence-electron chi connectivity index (χ2n) is 8.24. The molecule has 0 bridgehead atoms. The molecule has 1 unspecified atom stereocenters. The van der Waals surface area contributed by atoms with Crippen molar-refractivity contribution in [1.29, 1.82) is 0 Å². The number of aliphatic hydroxyl groups is 2. The molecule has 1 aromatic carbocycles. The average molecular weight is 451 g/mol. The Morgan fingerprint density at radius 2 is 2.00 bits per heavy atom. The third-order valence-electron chi connectivity index (χ3n) is 5.71. The second kappa shape index (κ2) is 11.1. The minimum absolute atomic E-state index is 0.154. The molecular formula is C25H30N4O4. The minimum Gasteiger partial charge on any atom is -0.490 e. The van der Waals surface area contributed by atoms with Gasteiger partial charge in [-0.2, -0.15) is 0 Å². The fourth-order valence-electron chi connectivity index (χ4n) is 3.93. The molecule has 4 rings (SSSR count). The number of ether oxygens (including phenoxy) is 1. The molecule has 174 valence electrons. The van der Waals surface area contributed by atoms with Gasteiger partial charge in [-0.05, 0) is 43.0 Å². The highest BCUT2D eigenvalue weighted by Crippen LogP contribution is 2.20. The molecule has 0 spiro atoms. The van der Waals surface area contributed by atoms with Crippen molar-refractivity contribution in [3.8, 4) is 17.6 Å². The summed E-state index contributed by atoms with van der Waals surface area (Å²) < 4.78 is 13.5. The van der Waals surface area contributed by atoms with Gasteiger partial charge in [-0.25, -0.2) is 4.98 Å². The molecule has 0 aliphatic carbocycles. The van der Waals surface area contributed by atoms with Crippen LogP contribution < -0.4 is 4.74 Å². The summed E-state index contributed by atoms with van der Waals surface area (Å²) in [6.07, 6.45) is 5.86. The molecule has 3 aromatic rings. The molecule has 1 aliphatic rings. The number of rotatable bonds is 8. The Morgan fingerprint density at radius 3 is 2.73 bits per heavy atom. The van der Waals surface area contributed by atoms with Gasteiger partial charge in [0.15, 0.2) is 0 Å². The van der Waals surface area contributed by atoms with Gasteiger partial charge in [-0.1, -0.05) is 18.0 Å². The van der Waals surface area contributed by atoms with Crippen molar-refractivity contribution in [2.24, 2.45) is 0 Å². The Kier molecular flexibility index (Phi) is 7.79. The first-order chi connectivity index (χ1) is 16.1. The first kappa shape index (κ1) is 23.1. The van der Waals surface area contributed by atoms with Gasteiger partial charge in [0.1, 0.15) is 23.4 Å². The summed E-state index contributed by atoms with van der Waals surface area (Å²) >= 11 is 0. The van der Waals surface area contributed by atoms with Crippen LogP contribution in [-0.4, -0.2) is 68.3 Å². The van der Waals surface area contributed by atoms with Crippen LogP contribution in [0.1, 0.15) is 42.6 Å². The number of aliphatic hydroxyl groups excluding tert-OH is 2. The highest BCUT2D eigenvalue weighted by molar-refractivity contribution is 5.41. The summed E-state index contributed by atoms with van der Waals surface area (Å²) in [7, 11) is 0. The summed E-state index contributed by atoms with van der Waals surface area (Å²) in [6, 6.07) is 9.60. The van der Waals surface area contributed by atoms with E-state index in [-0.39, 0.29) is 12.7 Å². The molecule has 0 saturated carbocycles. The Balaban J connectivity index is 1.27.